The van der Waals surface area contributed by atoms with E-state index in [1.807, 2.05) is 25.8 Å². The Bertz CT molecular complexity index is 506. The standard InChI is InChI=1S/C12H17F3N4O2/c1-8(2)18(3)5-4-16-9-6-11(12(13,14)15)17-7-10(9)19(20)21/h6-8H,4-5H2,1-3H3,(H,16,17). The minimum atomic E-state index is -4.64. The summed E-state index contributed by atoms with van der Waals surface area (Å²) in [4.78, 5) is 15.1. The molecule has 0 saturated carbocycles. The second-order valence-electron chi connectivity index (χ2n) is 4.84. The van der Waals surface area contributed by atoms with E-state index in [0.29, 0.717) is 18.8 Å². The Kier molecular flexibility index (Phi) is 5.47. The third kappa shape index (κ3) is 4.85. The van der Waals surface area contributed by atoms with Crippen LogP contribution in [0, 0.1) is 10.1 Å². The summed E-state index contributed by atoms with van der Waals surface area (Å²) in [6.45, 7) is 4.77. The fraction of sp³-hybridized carbons (Fsp3) is 0.583. The molecule has 1 aromatic heterocycles. The van der Waals surface area contributed by atoms with Crippen molar-refractivity contribution in [2.24, 2.45) is 0 Å². The van der Waals surface area contributed by atoms with Gasteiger partial charge in [0.15, 0.2) is 0 Å². The van der Waals surface area contributed by atoms with Crippen molar-refractivity contribution in [3.63, 3.8) is 0 Å². The average Bonchev–Trinajstić information content (AvgIpc) is 2.36. The van der Waals surface area contributed by atoms with Crippen LogP contribution in [0.1, 0.15) is 19.5 Å². The van der Waals surface area contributed by atoms with E-state index in [4.69, 9.17) is 0 Å². The third-order valence-electron chi connectivity index (χ3n) is 3.03. The van der Waals surface area contributed by atoms with Gasteiger partial charge in [-0.15, -0.1) is 0 Å². The van der Waals surface area contributed by atoms with Gasteiger partial charge in [0.05, 0.1) is 4.92 Å². The lowest BCUT2D eigenvalue weighted by atomic mass is 10.2. The number of alkyl halides is 3. The largest absolute Gasteiger partial charge is 0.433 e. The Balaban J connectivity index is 2.89. The van der Waals surface area contributed by atoms with Crippen molar-refractivity contribution in [2.75, 3.05) is 25.5 Å². The zero-order chi connectivity index (χ0) is 16.2. The van der Waals surface area contributed by atoms with Crippen molar-refractivity contribution in [3.8, 4) is 0 Å². The molecule has 9 heteroatoms. The molecule has 0 bridgehead atoms. The maximum Gasteiger partial charge on any atom is 0.433 e. The highest BCUT2D eigenvalue weighted by molar-refractivity contribution is 5.61. The maximum absolute atomic E-state index is 12.6. The smallest absolute Gasteiger partial charge is 0.378 e. The zero-order valence-electron chi connectivity index (χ0n) is 11.9. The van der Waals surface area contributed by atoms with Gasteiger partial charge in [0.1, 0.15) is 17.6 Å². The molecule has 21 heavy (non-hydrogen) atoms. The van der Waals surface area contributed by atoms with Crippen molar-refractivity contribution in [3.05, 3.63) is 28.1 Å². The van der Waals surface area contributed by atoms with Crippen LogP contribution in [0.3, 0.4) is 0 Å². The molecule has 0 aliphatic heterocycles. The highest BCUT2D eigenvalue weighted by Crippen LogP contribution is 2.32. The molecule has 118 valence electrons. The van der Waals surface area contributed by atoms with E-state index in [-0.39, 0.29) is 18.3 Å². The van der Waals surface area contributed by atoms with E-state index in [9.17, 15) is 23.3 Å². The Morgan fingerprint density at radius 3 is 2.57 bits per heavy atom. The van der Waals surface area contributed by atoms with E-state index in [1.165, 1.54) is 0 Å². The van der Waals surface area contributed by atoms with Crippen molar-refractivity contribution in [1.82, 2.24) is 9.88 Å². The zero-order valence-corrected chi connectivity index (χ0v) is 11.9. The van der Waals surface area contributed by atoms with E-state index in [2.05, 4.69) is 10.3 Å². The first-order chi connectivity index (χ1) is 9.62. The third-order valence-corrected chi connectivity index (χ3v) is 3.03. The number of nitrogens with zero attached hydrogens (tertiary/aromatic N) is 3. The highest BCUT2D eigenvalue weighted by Gasteiger charge is 2.34. The van der Waals surface area contributed by atoms with Gasteiger partial charge >= 0.3 is 11.9 Å². The summed E-state index contributed by atoms with van der Waals surface area (Å²) in [5, 5.41) is 13.5. The topological polar surface area (TPSA) is 71.3 Å². The Morgan fingerprint density at radius 1 is 1.48 bits per heavy atom. The minimum absolute atomic E-state index is 0.181. The summed E-state index contributed by atoms with van der Waals surface area (Å²) in [5.74, 6) is 0. The van der Waals surface area contributed by atoms with Gasteiger partial charge < -0.3 is 10.2 Å². The lowest BCUT2D eigenvalue weighted by molar-refractivity contribution is -0.384. The Morgan fingerprint density at radius 2 is 2.10 bits per heavy atom. The summed E-state index contributed by atoms with van der Waals surface area (Å²) < 4.78 is 37.8. The molecular formula is C12H17F3N4O2. The number of nitrogens with one attached hydrogen (secondary N) is 1. The summed E-state index contributed by atoms with van der Waals surface area (Å²) in [5.41, 5.74) is -1.82. The normalized spacial score (nSPS) is 12.0. The van der Waals surface area contributed by atoms with Crippen molar-refractivity contribution in [2.45, 2.75) is 26.1 Å². The van der Waals surface area contributed by atoms with E-state index >= 15 is 0 Å². The lowest BCUT2D eigenvalue weighted by Crippen LogP contribution is -2.31. The van der Waals surface area contributed by atoms with E-state index in [0.717, 1.165) is 0 Å². The van der Waals surface area contributed by atoms with E-state index in [1.54, 1.807) is 0 Å². The number of halogens is 3. The summed E-state index contributed by atoms with van der Waals surface area (Å²) in [7, 11) is 1.86. The summed E-state index contributed by atoms with van der Waals surface area (Å²) >= 11 is 0. The van der Waals surface area contributed by atoms with Crippen LogP contribution < -0.4 is 5.32 Å². The number of anilines is 1. The molecule has 1 N–H and O–H groups in total. The van der Waals surface area contributed by atoms with Crippen LogP contribution in [0.4, 0.5) is 24.5 Å². The molecule has 0 fully saturated rings. The molecule has 0 aromatic carbocycles. The Hall–Kier alpha value is -1.90. The van der Waals surface area contributed by atoms with Crippen molar-refractivity contribution in [1.29, 1.82) is 0 Å². The highest BCUT2D eigenvalue weighted by atomic mass is 19.4. The van der Waals surface area contributed by atoms with Gasteiger partial charge in [-0.05, 0) is 27.0 Å². The monoisotopic (exact) mass is 306 g/mol. The van der Waals surface area contributed by atoms with Gasteiger partial charge in [0.2, 0.25) is 0 Å². The SMILES string of the molecule is CC(C)N(C)CCNc1cc(C(F)(F)F)ncc1[N+](=O)[O-]. The fourth-order valence-electron chi connectivity index (χ4n) is 1.52. The van der Waals surface area contributed by atoms with E-state index < -0.39 is 22.5 Å². The molecule has 6 nitrogen and oxygen atoms in total. The van der Waals surface area contributed by atoms with Gasteiger partial charge in [-0.2, -0.15) is 13.2 Å². The van der Waals surface area contributed by atoms with Crippen LogP contribution in [0.25, 0.3) is 0 Å². The van der Waals surface area contributed by atoms with Crippen LogP contribution in [-0.2, 0) is 6.18 Å². The fourth-order valence-corrected chi connectivity index (χ4v) is 1.52. The number of aromatic nitrogens is 1. The summed E-state index contributed by atoms with van der Waals surface area (Å²) in [6.07, 6.45) is -4.02. The molecule has 0 amide bonds. The first-order valence-electron chi connectivity index (χ1n) is 6.28. The number of hydrogen-bond acceptors (Lipinski definition) is 5. The van der Waals surface area contributed by atoms with Gasteiger partial charge in [-0.3, -0.25) is 10.1 Å². The van der Waals surface area contributed by atoms with Gasteiger partial charge in [-0.25, -0.2) is 4.98 Å². The number of likely N-dealkylation sites (N-methyl/N-ethyl adjacent to an activating group) is 1. The molecule has 0 aliphatic rings. The van der Waals surface area contributed by atoms with Crippen LogP contribution in [-0.4, -0.2) is 41.0 Å². The lowest BCUT2D eigenvalue weighted by Gasteiger charge is -2.21. The van der Waals surface area contributed by atoms with Gasteiger partial charge in [0, 0.05) is 19.1 Å². The predicted molar refractivity (Wildman–Crippen MR) is 72.1 cm³/mol. The van der Waals surface area contributed by atoms with Crippen molar-refractivity contribution < 1.29 is 18.1 Å². The summed E-state index contributed by atoms with van der Waals surface area (Å²) in [6, 6.07) is 0.929. The number of rotatable bonds is 6. The van der Waals surface area contributed by atoms with Crippen LogP contribution in [0.5, 0.6) is 0 Å². The maximum atomic E-state index is 12.6. The molecule has 0 unspecified atom stereocenters. The molecule has 1 aromatic rings. The second kappa shape index (κ2) is 6.70. The van der Waals surface area contributed by atoms with Gasteiger partial charge in [-0.1, -0.05) is 0 Å². The quantitative estimate of drug-likeness (QED) is 0.646. The van der Waals surface area contributed by atoms with Crippen LogP contribution in [0.15, 0.2) is 12.3 Å². The molecule has 0 atom stereocenters. The van der Waals surface area contributed by atoms with Crippen LogP contribution >= 0.6 is 0 Å². The first kappa shape index (κ1) is 17.2. The number of hydrogen-bond donors (Lipinski definition) is 1. The molecule has 0 saturated heterocycles. The molecule has 0 radical (unpaired) electrons. The molecule has 0 aliphatic carbocycles. The predicted octanol–water partition coefficient (Wildman–Crippen LogP) is 2.76. The van der Waals surface area contributed by atoms with Gasteiger partial charge in [0.25, 0.3) is 0 Å². The Labute approximate surface area is 120 Å². The molecule has 1 heterocycles. The average molecular weight is 306 g/mol. The first-order valence-corrected chi connectivity index (χ1v) is 6.28. The molecule has 1 rings (SSSR count). The van der Waals surface area contributed by atoms with Crippen molar-refractivity contribution >= 4 is 11.4 Å². The number of pyridine rings is 1. The second-order valence-corrected chi connectivity index (χ2v) is 4.84. The minimum Gasteiger partial charge on any atom is -0.378 e. The molecule has 0 spiro atoms. The number of nitro groups is 1. The van der Waals surface area contributed by atoms with Crippen LogP contribution in [0.2, 0.25) is 0 Å². The molecular weight excluding hydrogens is 289 g/mol.